The number of aryl methyl sites for hydroxylation is 1. The Bertz CT molecular complexity index is 1100. The van der Waals surface area contributed by atoms with Crippen LogP contribution in [0.5, 0.6) is 0 Å². The molecule has 6 nitrogen and oxygen atoms in total. The topological polar surface area (TPSA) is 71.4 Å². The van der Waals surface area contributed by atoms with Crippen LogP contribution < -0.4 is 9.62 Å². The standard InChI is InChI=1S/C20H21N3O3S/c1-22-14-18(17-6-2-3-7-19(17)22)20(24)21-15-8-10-16(11-9-15)23-12-4-5-13-27(23,25)26/h2-3,6-11,14H,4-5,12-13H2,1H3,(H,21,24). The van der Waals surface area contributed by atoms with Crippen LogP contribution in [0.25, 0.3) is 10.9 Å². The third kappa shape index (κ3) is 3.30. The van der Waals surface area contributed by atoms with E-state index in [0.29, 0.717) is 29.9 Å². The lowest BCUT2D eigenvalue weighted by atomic mass is 10.1. The summed E-state index contributed by atoms with van der Waals surface area (Å²) in [5, 5.41) is 3.79. The predicted octanol–water partition coefficient (Wildman–Crippen LogP) is 3.36. The zero-order valence-corrected chi connectivity index (χ0v) is 15.9. The van der Waals surface area contributed by atoms with Crippen LogP contribution in [0.4, 0.5) is 11.4 Å². The van der Waals surface area contributed by atoms with Gasteiger partial charge >= 0.3 is 0 Å². The van der Waals surface area contributed by atoms with Crippen LogP contribution in [0.15, 0.2) is 54.7 Å². The molecule has 1 saturated heterocycles. The average Bonchev–Trinajstić information content (AvgIpc) is 3.00. The van der Waals surface area contributed by atoms with Gasteiger partial charge in [0.1, 0.15) is 0 Å². The lowest BCUT2D eigenvalue weighted by molar-refractivity contribution is 0.102. The first-order valence-electron chi connectivity index (χ1n) is 8.91. The van der Waals surface area contributed by atoms with Crippen LogP contribution in [0.2, 0.25) is 0 Å². The molecule has 2 heterocycles. The largest absolute Gasteiger partial charge is 0.350 e. The summed E-state index contributed by atoms with van der Waals surface area (Å²) in [6.45, 7) is 0.504. The number of benzene rings is 2. The van der Waals surface area contributed by atoms with Gasteiger partial charge in [0.15, 0.2) is 0 Å². The number of nitrogens with one attached hydrogen (secondary N) is 1. The van der Waals surface area contributed by atoms with E-state index in [9.17, 15) is 13.2 Å². The Hall–Kier alpha value is -2.80. The molecule has 0 bridgehead atoms. The maximum atomic E-state index is 12.7. The van der Waals surface area contributed by atoms with E-state index in [2.05, 4.69) is 5.32 Å². The van der Waals surface area contributed by atoms with Crippen molar-refractivity contribution in [3.8, 4) is 0 Å². The van der Waals surface area contributed by atoms with Gasteiger partial charge in [0.2, 0.25) is 10.0 Å². The summed E-state index contributed by atoms with van der Waals surface area (Å²) in [4.78, 5) is 12.7. The van der Waals surface area contributed by atoms with Gasteiger partial charge in [-0.05, 0) is 43.2 Å². The van der Waals surface area contributed by atoms with E-state index in [1.807, 2.05) is 42.1 Å². The molecule has 3 aromatic rings. The maximum absolute atomic E-state index is 12.7. The molecule has 140 valence electrons. The van der Waals surface area contributed by atoms with Gasteiger partial charge in [0.05, 0.1) is 17.0 Å². The Morgan fingerprint density at radius 2 is 1.78 bits per heavy atom. The Labute approximate surface area is 158 Å². The highest BCUT2D eigenvalue weighted by molar-refractivity contribution is 7.92. The molecule has 0 spiro atoms. The highest BCUT2D eigenvalue weighted by atomic mass is 32.2. The van der Waals surface area contributed by atoms with Gasteiger partial charge in [-0.25, -0.2) is 8.42 Å². The number of hydrogen-bond acceptors (Lipinski definition) is 3. The highest BCUT2D eigenvalue weighted by Gasteiger charge is 2.25. The molecule has 27 heavy (non-hydrogen) atoms. The van der Waals surface area contributed by atoms with Crippen molar-refractivity contribution < 1.29 is 13.2 Å². The van der Waals surface area contributed by atoms with Crippen LogP contribution in [-0.4, -0.2) is 31.2 Å². The zero-order valence-electron chi connectivity index (χ0n) is 15.1. The number of para-hydroxylation sites is 1. The van der Waals surface area contributed by atoms with Crippen molar-refractivity contribution in [1.29, 1.82) is 0 Å². The molecule has 1 fully saturated rings. The van der Waals surface area contributed by atoms with Gasteiger partial charge in [-0.1, -0.05) is 18.2 Å². The molecule has 1 N–H and O–H groups in total. The normalized spacial score (nSPS) is 16.4. The van der Waals surface area contributed by atoms with Crippen LogP contribution in [0.1, 0.15) is 23.2 Å². The second kappa shape index (κ2) is 6.74. The van der Waals surface area contributed by atoms with Crippen molar-refractivity contribution in [3.63, 3.8) is 0 Å². The molecular weight excluding hydrogens is 362 g/mol. The van der Waals surface area contributed by atoms with Crippen LogP contribution in [0, 0.1) is 0 Å². The molecule has 0 radical (unpaired) electrons. The van der Waals surface area contributed by atoms with E-state index in [1.54, 1.807) is 24.3 Å². The molecule has 0 unspecified atom stereocenters. The second-order valence-corrected chi connectivity index (χ2v) is 8.78. The quantitative estimate of drug-likeness (QED) is 0.754. The maximum Gasteiger partial charge on any atom is 0.257 e. The number of rotatable bonds is 3. The molecule has 1 amide bonds. The molecule has 1 aliphatic heterocycles. The van der Waals surface area contributed by atoms with Gasteiger partial charge < -0.3 is 9.88 Å². The third-order valence-electron chi connectivity index (χ3n) is 4.90. The fourth-order valence-electron chi connectivity index (χ4n) is 3.51. The average molecular weight is 383 g/mol. The van der Waals surface area contributed by atoms with E-state index >= 15 is 0 Å². The van der Waals surface area contributed by atoms with Crippen LogP contribution in [-0.2, 0) is 17.1 Å². The molecule has 1 aliphatic rings. The number of fused-ring (bicyclic) bond motifs is 1. The predicted molar refractivity (Wildman–Crippen MR) is 108 cm³/mol. The van der Waals surface area contributed by atoms with Crippen molar-refractivity contribution >= 4 is 38.2 Å². The number of aromatic nitrogens is 1. The number of anilines is 2. The number of sulfonamides is 1. The van der Waals surface area contributed by atoms with E-state index in [-0.39, 0.29) is 11.7 Å². The minimum atomic E-state index is -3.23. The lowest BCUT2D eigenvalue weighted by Gasteiger charge is -2.28. The summed E-state index contributed by atoms with van der Waals surface area (Å²) in [6.07, 6.45) is 3.38. The van der Waals surface area contributed by atoms with Crippen molar-refractivity contribution in [2.45, 2.75) is 12.8 Å². The number of hydrogen-bond donors (Lipinski definition) is 1. The van der Waals surface area contributed by atoms with Crippen molar-refractivity contribution in [2.24, 2.45) is 7.05 Å². The fraction of sp³-hybridized carbons (Fsp3) is 0.250. The molecule has 7 heteroatoms. The van der Waals surface area contributed by atoms with Crippen LogP contribution in [0.3, 0.4) is 0 Å². The summed E-state index contributed by atoms with van der Waals surface area (Å²) in [5.74, 6) is -0.00261. The molecular formula is C20H21N3O3S. The summed E-state index contributed by atoms with van der Waals surface area (Å²) < 4.78 is 27.8. The number of amides is 1. The molecule has 4 rings (SSSR count). The highest BCUT2D eigenvalue weighted by Crippen LogP contribution is 2.26. The second-order valence-electron chi connectivity index (χ2n) is 6.77. The first-order valence-corrected chi connectivity index (χ1v) is 10.5. The summed E-state index contributed by atoms with van der Waals surface area (Å²) in [6, 6.07) is 14.7. The molecule has 0 saturated carbocycles. The monoisotopic (exact) mass is 383 g/mol. The smallest absolute Gasteiger partial charge is 0.257 e. The third-order valence-corrected chi connectivity index (χ3v) is 6.77. The van der Waals surface area contributed by atoms with Crippen molar-refractivity contribution in [3.05, 3.63) is 60.3 Å². The first-order chi connectivity index (χ1) is 13.0. The van der Waals surface area contributed by atoms with E-state index in [1.165, 1.54) is 4.31 Å². The van der Waals surface area contributed by atoms with E-state index in [0.717, 1.165) is 17.3 Å². The number of nitrogens with zero attached hydrogens (tertiary/aromatic N) is 2. The Morgan fingerprint density at radius 3 is 2.52 bits per heavy atom. The zero-order chi connectivity index (χ0) is 19.0. The molecule has 0 aliphatic carbocycles. The summed E-state index contributed by atoms with van der Waals surface area (Å²) in [7, 11) is -1.32. The van der Waals surface area contributed by atoms with E-state index in [4.69, 9.17) is 0 Å². The molecule has 1 aromatic heterocycles. The molecule has 2 aromatic carbocycles. The fourth-order valence-corrected chi connectivity index (χ4v) is 5.15. The summed E-state index contributed by atoms with van der Waals surface area (Å²) >= 11 is 0. The van der Waals surface area contributed by atoms with Crippen molar-refractivity contribution in [1.82, 2.24) is 4.57 Å². The Balaban J connectivity index is 1.55. The minimum absolute atomic E-state index is 0.187. The molecule has 0 atom stereocenters. The Kier molecular flexibility index (Phi) is 4.39. The number of carbonyl (C=O) groups excluding carboxylic acids is 1. The minimum Gasteiger partial charge on any atom is -0.350 e. The van der Waals surface area contributed by atoms with E-state index < -0.39 is 10.0 Å². The van der Waals surface area contributed by atoms with Crippen molar-refractivity contribution in [2.75, 3.05) is 21.9 Å². The van der Waals surface area contributed by atoms with Crippen LogP contribution >= 0.6 is 0 Å². The van der Waals surface area contributed by atoms with Gasteiger partial charge in [-0.3, -0.25) is 9.10 Å². The number of carbonyl (C=O) groups is 1. The van der Waals surface area contributed by atoms with Gasteiger partial charge in [0.25, 0.3) is 5.91 Å². The lowest BCUT2D eigenvalue weighted by Crippen LogP contribution is -2.37. The SMILES string of the molecule is Cn1cc(C(=O)Nc2ccc(N3CCCCS3(=O)=O)cc2)c2ccccc21. The van der Waals surface area contributed by atoms with Gasteiger partial charge in [-0.2, -0.15) is 0 Å². The Morgan fingerprint density at radius 1 is 1.04 bits per heavy atom. The first kappa shape index (κ1) is 17.6. The van der Waals surface area contributed by atoms with Gasteiger partial charge in [0, 0.05) is 36.4 Å². The summed E-state index contributed by atoms with van der Waals surface area (Å²) in [5.41, 5.74) is 2.87. The van der Waals surface area contributed by atoms with Gasteiger partial charge in [-0.15, -0.1) is 0 Å².